The van der Waals surface area contributed by atoms with E-state index in [1.807, 2.05) is 6.07 Å². The second-order valence-corrected chi connectivity index (χ2v) is 7.18. The highest BCUT2D eigenvalue weighted by Crippen LogP contribution is 2.18. The minimum atomic E-state index is -0.0177. The van der Waals surface area contributed by atoms with Crippen LogP contribution in [-0.2, 0) is 17.0 Å². The van der Waals surface area contributed by atoms with E-state index in [-0.39, 0.29) is 5.91 Å². The van der Waals surface area contributed by atoms with Gasteiger partial charge in [0.2, 0.25) is 11.0 Å². The Hall–Kier alpha value is -1.40. The molecule has 1 aromatic carbocycles. The van der Waals surface area contributed by atoms with Crippen LogP contribution in [0.25, 0.3) is 0 Å². The predicted octanol–water partition coefficient (Wildman–Crippen LogP) is 4.06. The molecule has 0 spiro atoms. The van der Waals surface area contributed by atoms with Crippen molar-refractivity contribution in [2.75, 3.05) is 11.1 Å². The van der Waals surface area contributed by atoms with Crippen LogP contribution in [0.1, 0.15) is 35.9 Å². The van der Waals surface area contributed by atoms with Gasteiger partial charge in [-0.2, -0.15) is 0 Å². The Balaban J connectivity index is 1.72. The van der Waals surface area contributed by atoms with Gasteiger partial charge in [0.05, 0.1) is 5.75 Å². The zero-order valence-corrected chi connectivity index (χ0v) is 14.6. The third-order valence-electron chi connectivity index (χ3n) is 3.04. The average molecular weight is 335 g/mol. The molecule has 1 N–H and O–H groups in total. The summed E-state index contributed by atoms with van der Waals surface area (Å²) in [6, 6.07) is 8.36. The van der Waals surface area contributed by atoms with Crippen molar-refractivity contribution >= 4 is 34.1 Å². The highest BCUT2D eigenvalue weighted by molar-refractivity contribution is 7.99. The normalized spacial score (nSPS) is 10.6. The van der Waals surface area contributed by atoms with E-state index in [9.17, 15) is 4.79 Å². The van der Waals surface area contributed by atoms with Crippen molar-refractivity contribution in [3.8, 4) is 0 Å². The lowest BCUT2D eigenvalue weighted by Crippen LogP contribution is -2.14. The molecule has 0 saturated carbocycles. The number of rotatable bonds is 8. The maximum atomic E-state index is 11.9. The van der Waals surface area contributed by atoms with Crippen molar-refractivity contribution < 1.29 is 4.79 Å². The molecule has 6 heteroatoms. The number of nitrogens with one attached hydrogen (secondary N) is 1. The molecule has 0 fully saturated rings. The number of unbranched alkanes of at least 4 members (excludes halogenated alkanes) is 1. The Labute approximate surface area is 139 Å². The highest BCUT2D eigenvalue weighted by atomic mass is 32.2. The van der Waals surface area contributed by atoms with Crippen LogP contribution in [0.3, 0.4) is 0 Å². The van der Waals surface area contributed by atoms with Gasteiger partial charge in [-0.1, -0.05) is 54.5 Å². The zero-order chi connectivity index (χ0) is 15.8. The van der Waals surface area contributed by atoms with E-state index in [2.05, 4.69) is 47.6 Å². The van der Waals surface area contributed by atoms with Gasteiger partial charge in [0, 0.05) is 12.2 Å². The molecule has 4 nitrogen and oxygen atoms in total. The molecule has 0 saturated heterocycles. The van der Waals surface area contributed by atoms with Gasteiger partial charge in [0.15, 0.2) is 0 Å². The zero-order valence-electron chi connectivity index (χ0n) is 13.0. The standard InChI is InChI=1S/C16H21N3OS2/c1-3-4-8-15-18-19-16(22-15)17-14(20)11-21-10-13-7-5-6-12(2)9-13/h5-7,9H,3-4,8,10-11H2,1-2H3,(H,17,19,20). The summed E-state index contributed by atoms with van der Waals surface area (Å²) in [5.74, 6) is 1.25. The largest absolute Gasteiger partial charge is 0.300 e. The quantitative estimate of drug-likeness (QED) is 0.790. The lowest BCUT2D eigenvalue weighted by molar-refractivity contribution is -0.113. The fourth-order valence-electron chi connectivity index (χ4n) is 1.95. The minimum Gasteiger partial charge on any atom is -0.300 e. The van der Waals surface area contributed by atoms with Gasteiger partial charge in [0.1, 0.15) is 5.01 Å². The van der Waals surface area contributed by atoms with Crippen LogP contribution in [0.15, 0.2) is 24.3 Å². The van der Waals surface area contributed by atoms with E-state index in [0.717, 1.165) is 30.0 Å². The summed E-state index contributed by atoms with van der Waals surface area (Å²) < 4.78 is 0. The first-order valence-electron chi connectivity index (χ1n) is 7.43. The monoisotopic (exact) mass is 335 g/mol. The van der Waals surface area contributed by atoms with Crippen molar-refractivity contribution in [1.29, 1.82) is 0 Å². The van der Waals surface area contributed by atoms with Crippen molar-refractivity contribution in [3.05, 3.63) is 40.4 Å². The summed E-state index contributed by atoms with van der Waals surface area (Å²) in [6.45, 7) is 4.22. The summed E-state index contributed by atoms with van der Waals surface area (Å²) in [6.07, 6.45) is 3.18. The SMILES string of the molecule is CCCCc1nnc(NC(=O)CSCc2cccc(C)c2)s1. The average Bonchev–Trinajstić information content (AvgIpc) is 2.92. The number of benzene rings is 1. The molecule has 22 heavy (non-hydrogen) atoms. The van der Waals surface area contributed by atoms with Crippen LogP contribution in [0.5, 0.6) is 0 Å². The third-order valence-corrected chi connectivity index (χ3v) is 4.94. The molecule has 118 valence electrons. The molecule has 2 rings (SSSR count). The Bertz CT molecular complexity index is 613. The van der Waals surface area contributed by atoms with E-state index in [1.54, 1.807) is 11.8 Å². The van der Waals surface area contributed by atoms with Crippen LogP contribution >= 0.6 is 23.1 Å². The Kier molecular flexibility index (Phi) is 6.86. The molecule has 2 aromatic rings. The van der Waals surface area contributed by atoms with Crippen molar-refractivity contribution in [2.24, 2.45) is 0 Å². The number of aromatic nitrogens is 2. The van der Waals surface area contributed by atoms with E-state index in [4.69, 9.17) is 0 Å². The maximum Gasteiger partial charge on any atom is 0.236 e. The molecule has 0 aliphatic carbocycles. The molecular formula is C16H21N3OS2. The first kappa shape index (κ1) is 17.0. The summed E-state index contributed by atoms with van der Waals surface area (Å²) >= 11 is 3.08. The van der Waals surface area contributed by atoms with E-state index in [1.165, 1.54) is 22.5 Å². The van der Waals surface area contributed by atoms with E-state index >= 15 is 0 Å². The topological polar surface area (TPSA) is 54.9 Å². The summed E-state index contributed by atoms with van der Waals surface area (Å²) in [5, 5.41) is 12.5. The van der Waals surface area contributed by atoms with Crippen molar-refractivity contribution in [2.45, 2.75) is 38.9 Å². The molecule has 0 atom stereocenters. The third kappa shape index (κ3) is 5.77. The van der Waals surface area contributed by atoms with Crippen LogP contribution in [-0.4, -0.2) is 21.9 Å². The number of amides is 1. The van der Waals surface area contributed by atoms with Gasteiger partial charge < -0.3 is 0 Å². The molecule has 1 aromatic heterocycles. The van der Waals surface area contributed by atoms with Crippen LogP contribution in [0.4, 0.5) is 5.13 Å². The van der Waals surface area contributed by atoms with Gasteiger partial charge in [-0.3, -0.25) is 10.1 Å². The number of aryl methyl sites for hydroxylation is 2. The van der Waals surface area contributed by atoms with Crippen LogP contribution in [0, 0.1) is 6.92 Å². The molecular weight excluding hydrogens is 314 g/mol. The lowest BCUT2D eigenvalue weighted by Gasteiger charge is -2.03. The molecule has 0 radical (unpaired) electrons. The smallest absolute Gasteiger partial charge is 0.236 e. The molecule has 0 aliphatic heterocycles. The maximum absolute atomic E-state index is 11.9. The van der Waals surface area contributed by atoms with Gasteiger partial charge >= 0.3 is 0 Å². The first-order valence-corrected chi connectivity index (χ1v) is 9.40. The molecule has 0 aliphatic rings. The Morgan fingerprint density at radius 2 is 2.23 bits per heavy atom. The number of anilines is 1. The van der Waals surface area contributed by atoms with Crippen molar-refractivity contribution in [3.63, 3.8) is 0 Å². The van der Waals surface area contributed by atoms with Gasteiger partial charge in [-0.05, 0) is 18.9 Å². The van der Waals surface area contributed by atoms with Gasteiger partial charge in [-0.15, -0.1) is 22.0 Å². The first-order chi connectivity index (χ1) is 10.7. The second kappa shape index (κ2) is 8.90. The van der Waals surface area contributed by atoms with E-state index in [0.29, 0.717) is 10.9 Å². The van der Waals surface area contributed by atoms with Crippen molar-refractivity contribution in [1.82, 2.24) is 10.2 Å². The number of hydrogen-bond donors (Lipinski definition) is 1. The number of thioether (sulfide) groups is 1. The Morgan fingerprint density at radius 1 is 1.36 bits per heavy atom. The fourth-order valence-corrected chi connectivity index (χ4v) is 3.52. The number of hydrogen-bond acceptors (Lipinski definition) is 5. The highest BCUT2D eigenvalue weighted by Gasteiger charge is 2.08. The van der Waals surface area contributed by atoms with Crippen LogP contribution in [0.2, 0.25) is 0 Å². The Morgan fingerprint density at radius 3 is 3.00 bits per heavy atom. The second-order valence-electron chi connectivity index (χ2n) is 5.13. The molecule has 1 heterocycles. The van der Waals surface area contributed by atoms with Crippen LogP contribution < -0.4 is 5.32 Å². The predicted molar refractivity (Wildman–Crippen MR) is 94.5 cm³/mol. The molecule has 0 unspecified atom stereocenters. The van der Waals surface area contributed by atoms with E-state index < -0.39 is 0 Å². The fraction of sp³-hybridized carbons (Fsp3) is 0.438. The molecule has 0 bridgehead atoms. The summed E-state index contributed by atoms with van der Waals surface area (Å²) in [5.41, 5.74) is 2.49. The number of carbonyl (C=O) groups excluding carboxylic acids is 1. The number of carbonyl (C=O) groups is 1. The minimum absolute atomic E-state index is 0.0177. The number of nitrogens with zero attached hydrogens (tertiary/aromatic N) is 2. The summed E-state index contributed by atoms with van der Waals surface area (Å²) in [7, 11) is 0. The van der Waals surface area contributed by atoms with Gasteiger partial charge in [0.25, 0.3) is 0 Å². The lowest BCUT2D eigenvalue weighted by atomic mass is 10.2. The summed E-state index contributed by atoms with van der Waals surface area (Å²) in [4.78, 5) is 11.9. The van der Waals surface area contributed by atoms with Gasteiger partial charge in [-0.25, -0.2) is 0 Å². The molecule has 1 amide bonds.